The summed E-state index contributed by atoms with van der Waals surface area (Å²) in [4.78, 5) is 3.77. The smallest absolute Gasteiger partial charge is 0.320 e. The number of anilines is 3. The minimum absolute atomic E-state index is 0.00226. The third-order valence-corrected chi connectivity index (χ3v) is 2.36. The number of halogens is 2. The minimum Gasteiger partial charge on any atom is -0.351 e. The fourth-order valence-electron chi connectivity index (χ4n) is 0.989. The Labute approximate surface area is 95.2 Å². The number of benzene rings is 1. The van der Waals surface area contributed by atoms with Crippen molar-refractivity contribution in [1.82, 2.24) is 10.1 Å². The van der Waals surface area contributed by atoms with Gasteiger partial charge in [0.1, 0.15) is 0 Å². The van der Waals surface area contributed by atoms with E-state index in [4.69, 9.17) is 28.9 Å². The Morgan fingerprint density at radius 3 is 2.67 bits per heavy atom. The van der Waals surface area contributed by atoms with Crippen LogP contribution < -0.4 is 11.1 Å². The van der Waals surface area contributed by atoms with Crippen molar-refractivity contribution in [2.75, 3.05) is 11.1 Å². The summed E-state index contributed by atoms with van der Waals surface area (Å²) in [5.41, 5.74) is 5.96. The van der Waals surface area contributed by atoms with Gasteiger partial charge in [0.15, 0.2) is 0 Å². The van der Waals surface area contributed by atoms with Crippen LogP contribution in [0.4, 0.5) is 17.7 Å². The molecule has 0 aliphatic carbocycles. The van der Waals surface area contributed by atoms with Crippen LogP contribution in [0.25, 0.3) is 0 Å². The molecule has 0 spiro atoms. The molecule has 3 N–H and O–H groups in total. The van der Waals surface area contributed by atoms with Crippen LogP contribution >= 0.6 is 23.2 Å². The molecule has 0 amide bonds. The Balaban J connectivity index is 2.21. The molecule has 0 unspecified atom stereocenters. The number of hydrogen-bond donors (Lipinski definition) is 2. The van der Waals surface area contributed by atoms with Crippen molar-refractivity contribution in [3.63, 3.8) is 0 Å². The van der Waals surface area contributed by atoms with Crippen LogP contribution in [-0.4, -0.2) is 10.1 Å². The summed E-state index contributed by atoms with van der Waals surface area (Å²) in [5, 5.41) is 7.34. The van der Waals surface area contributed by atoms with Gasteiger partial charge in [-0.15, -0.1) is 0 Å². The van der Waals surface area contributed by atoms with E-state index in [1.807, 2.05) is 0 Å². The molecule has 0 saturated heterocycles. The van der Waals surface area contributed by atoms with E-state index in [0.29, 0.717) is 15.7 Å². The van der Waals surface area contributed by atoms with E-state index < -0.39 is 0 Å². The monoisotopic (exact) mass is 244 g/mol. The largest absolute Gasteiger partial charge is 0.351 e. The van der Waals surface area contributed by atoms with Crippen molar-refractivity contribution >= 4 is 40.9 Å². The summed E-state index contributed by atoms with van der Waals surface area (Å²) >= 11 is 11.6. The lowest BCUT2D eigenvalue weighted by Gasteiger charge is -2.02. The van der Waals surface area contributed by atoms with Crippen molar-refractivity contribution in [3.05, 3.63) is 28.2 Å². The Bertz CT molecular complexity index is 485. The lowest BCUT2D eigenvalue weighted by Crippen LogP contribution is -1.92. The summed E-state index contributed by atoms with van der Waals surface area (Å²) < 4.78 is 4.59. The quantitative estimate of drug-likeness (QED) is 0.850. The second-order valence-electron chi connectivity index (χ2n) is 2.71. The van der Waals surface area contributed by atoms with Crippen LogP contribution in [0, 0.1) is 0 Å². The van der Waals surface area contributed by atoms with Gasteiger partial charge in [-0.3, -0.25) is 0 Å². The first-order valence-corrected chi connectivity index (χ1v) is 4.72. The Kier molecular flexibility index (Phi) is 2.66. The van der Waals surface area contributed by atoms with Crippen LogP contribution in [0.3, 0.4) is 0 Å². The molecule has 0 aliphatic heterocycles. The van der Waals surface area contributed by atoms with E-state index in [2.05, 4.69) is 20.0 Å². The number of nitrogens with two attached hydrogens (primary N) is 1. The fourth-order valence-corrected chi connectivity index (χ4v) is 1.29. The number of nitrogens with zero attached hydrogens (tertiary/aromatic N) is 2. The summed E-state index contributed by atoms with van der Waals surface area (Å²) in [5.74, 6) is 0.269. The van der Waals surface area contributed by atoms with Crippen LogP contribution in [-0.2, 0) is 0 Å². The van der Waals surface area contributed by atoms with Crippen LogP contribution in [0.15, 0.2) is 22.7 Å². The van der Waals surface area contributed by atoms with Gasteiger partial charge < -0.3 is 15.6 Å². The van der Waals surface area contributed by atoms with Gasteiger partial charge in [-0.25, -0.2) is 0 Å². The zero-order valence-electron chi connectivity index (χ0n) is 7.37. The highest BCUT2D eigenvalue weighted by atomic mass is 35.5. The lowest BCUT2D eigenvalue weighted by atomic mass is 10.3. The summed E-state index contributed by atoms with van der Waals surface area (Å²) in [7, 11) is 0. The summed E-state index contributed by atoms with van der Waals surface area (Å²) in [6.07, 6.45) is 0. The molecule has 15 heavy (non-hydrogen) atoms. The Morgan fingerprint density at radius 2 is 2.07 bits per heavy atom. The van der Waals surface area contributed by atoms with Gasteiger partial charge >= 0.3 is 6.01 Å². The SMILES string of the molecule is Nc1nc(Nc2ccc(Cl)c(Cl)c2)no1. The molecule has 1 heterocycles. The maximum Gasteiger partial charge on any atom is 0.320 e. The van der Waals surface area contributed by atoms with Gasteiger partial charge in [0.05, 0.1) is 10.0 Å². The molecule has 5 nitrogen and oxygen atoms in total. The first kappa shape index (κ1) is 10.1. The van der Waals surface area contributed by atoms with Crippen molar-refractivity contribution in [2.45, 2.75) is 0 Å². The molecule has 0 radical (unpaired) electrons. The molecule has 2 aromatic rings. The van der Waals surface area contributed by atoms with E-state index in [9.17, 15) is 0 Å². The molecule has 0 saturated carbocycles. The Hall–Kier alpha value is -1.46. The van der Waals surface area contributed by atoms with Gasteiger partial charge in [-0.05, 0) is 23.4 Å². The molecule has 0 fully saturated rings. The van der Waals surface area contributed by atoms with Crippen molar-refractivity contribution in [2.24, 2.45) is 0 Å². The predicted molar refractivity (Wildman–Crippen MR) is 58.5 cm³/mol. The highest BCUT2D eigenvalue weighted by Gasteiger charge is 2.04. The summed E-state index contributed by atoms with van der Waals surface area (Å²) in [6, 6.07) is 5.05. The molecule has 1 aromatic heterocycles. The van der Waals surface area contributed by atoms with Gasteiger partial charge in [-0.1, -0.05) is 23.2 Å². The van der Waals surface area contributed by atoms with E-state index in [1.165, 1.54) is 0 Å². The van der Waals surface area contributed by atoms with E-state index in [-0.39, 0.29) is 12.0 Å². The van der Waals surface area contributed by atoms with Gasteiger partial charge in [0, 0.05) is 5.69 Å². The van der Waals surface area contributed by atoms with E-state index in [0.717, 1.165) is 0 Å². The van der Waals surface area contributed by atoms with E-state index in [1.54, 1.807) is 18.2 Å². The number of hydrogen-bond acceptors (Lipinski definition) is 5. The second-order valence-corrected chi connectivity index (χ2v) is 3.52. The number of aromatic nitrogens is 2. The maximum atomic E-state index is 5.82. The summed E-state index contributed by atoms with van der Waals surface area (Å²) in [6.45, 7) is 0. The fraction of sp³-hybridized carbons (Fsp3) is 0. The van der Waals surface area contributed by atoms with Gasteiger partial charge in [-0.2, -0.15) is 4.98 Å². The van der Waals surface area contributed by atoms with Crippen LogP contribution in [0.2, 0.25) is 10.0 Å². The molecule has 0 bridgehead atoms. The van der Waals surface area contributed by atoms with Gasteiger partial charge in [0.2, 0.25) is 0 Å². The number of nitrogen functional groups attached to an aromatic ring is 1. The van der Waals surface area contributed by atoms with E-state index >= 15 is 0 Å². The molecular weight excluding hydrogens is 239 g/mol. The van der Waals surface area contributed by atoms with Gasteiger partial charge in [0.25, 0.3) is 5.95 Å². The number of rotatable bonds is 2. The van der Waals surface area contributed by atoms with Crippen molar-refractivity contribution in [1.29, 1.82) is 0 Å². The van der Waals surface area contributed by atoms with Crippen LogP contribution in [0.1, 0.15) is 0 Å². The van der Waals surface area contributed by atoms with Crippen LogP contribution in [0.5, 0.6) is 0 Å². The highest BCUT2D eigenvalue weighted by molar-refractivity contribution is 6.42. The first-order valence-electron chi connectivity index (χ1n) is 3.96. The third kappa shape index (κ3) is 2.31. The molecule has 0 atom stereocenters. The molecule has 1 aromatic carbocycles. The predicted octanol–water partition coefficient (Wildman–Crippen LogP) is 2.70. The van der Waals surface area contributed by atoms with Crippen molar-refractivity contribution < 1.29 is 4.52 Å². The maximum absolute atomic E-state index is 5.82. The molecule has 0 aliphatic rings. The first-order chi connectivity index (χ1) is 7.15. The molecule has 2 rings (SSSR count). The number of nitrogens with one attached hydrogen (secondary N) is 1. The lowest BCUT2D eigenvalue weighted by molar-refractivity contribution is 0.437. The average Bonchev–Trinajstić information content (AvgIpc) is 2.58. The second kappa shape index (κ2) is 3.96. The zero-order chi connectivity index (χ0) is 10.8. The molecular formula is C8H6Cl2N4O. The highest BCUT2D eigenvalue weighted by Crippen LogP contribution is 2.26. The third-order valence-electron chi connectivity index (χ3n) is 1.62. The molecule has 78 valence electrons. The average molecular weight is 245 g/mol. The zero-order valence-corrected chi connectivity index (χ0v) is 8.88. The van der Waals surface area contributed by atoms with Crippen molar-refractivity contribution in [3.8, 4) is 0 Å². The minimum atomic E-state index is -0.00226. The Morgan fingerprint density at radius 1 is 1.27 bits per heavy atom. The standard InChI is InChI=1S/C8H6Cl2N4O/c9-5-2-1-4(3-6(5)10)12-8-13-7(11)15-14-8/h1-3H,(H3,11,12,13,14). The topological polar surface area (TPSA) is 77.0 Å². The molecule has 7 heteroatoms. The normalized spacial score (nSPS) is 10.3.